The molecule has 1 aliphatic rings. The maximum Gasteiger partial charge on any atom is 0.147 e. The van der Waals surface area contributed by atoms with Crippen molar-refractivity contribution in [3.05, 3.63) is 0 Å². The van der Waals surface area contributed by atoms with Gasteiger partial charge >= 0.3 is 0 Å². The number of rotatable bonds is 3. The maximum atomic E-state index is 9.71. The fourth-order valence-corrected chi connectivity index (χ4v) is 2.45. The van der Waals surface area contributed by atoms with Crippen LogP contribution in [0.1, 0.15) is 0 Å². The molecule has 1 heterocycles. The number of aliphatic hydroxyl groups excluding tert-OH is 2. The van der Waals surface area contributed by atoms with Crippen LogP contribution in [0.4, 0.5) is 0 Å². The van der Waals surface area contributed by atoms with Crippen LogP contribution in [0.25, 0.3) is 0 Å². The molecular weight excluding hydrogens is 402 g/mol. The van der Waals surface area contributed by atoms with E-state index in [0.717, 1.165) is 0 Å². The zero-order chi connectivity index (χ0) is 9.84. The molecule has 2 N–H and O–H groups in total. The molecule has 78 valence electrons. The minimum atomic E-state index is -0.726. The molecule has 1 aliphatic heterocycles. The van der Waals surface area contributed by atoms with E-state index >= 15 is 0 Å². The summed E-state index contributed by atoms with van der Waals surface area (Å²) in [7, 11) is 0. The Kier molecular flexibility index (Phi) is 5.72. The largest absolute Gasteiger partial charge is 0.390 e. The van der Waals surface area contributed by atoms with Crippen molar-refractivity contribution in [3.8, 4) is 0 Å². The first kappa shape index (κ1) is 12.4. The summed E-state index contributed by atoms with van der Waals surface area (Å²) in [6, 6.07) is 0. The SMILES string of the molecule is O[C@H]1[C@H]([C@H](O)CI)OCO[C@@H]1CI. The number of ether oxygens (including phenoxy) is 2. The van der Waals surface area contributed by atoms with Crippen molar-refractivity contribution in [2.75, 3.05) is 15.6 Å². The molecule has 0 aromatic carbocycles. The zero-order valence-electron chi connectivity index (χ0n) is 6.90. The van der Waals surface area contributed by atoms with Gasteiger partial charge in [0.2, 0.25) is 0 Å². The Bertz CT molecular complexity index is 157. The van der Waals surface area contributed by atoms with E-state index in [1.165, 1.54) is 0 Å². The second-order valence-electron chi connectivity index (χ2n) is 2.82. The predicted molar refractivity (Wildman–Crippen MR) is 64.4 cm³/mol. The summed E-state index contributed by atoms with van der Waals surface area (Å²) in [5.74, 6) is 0. The molecule has 0 aromatic heterocycles. The van der Waals surface area contributed by atoms with Gasteiger partial charge in [-0.15, -0.1) is 0 Å². The molecule has 4 nitrogen and oxygen atoms in total. The molecule has 1 fully saturated rings. The van der Waals surface area contributed by atoms with E-state index in [-0.39, 0.29) is 12.9 Å². The van der Waals surface area contributed by atoms with Crippen LogP contribution in [-0.2, 0) is 9.47 Å². The molecule has 0 spiro atoms. The molecular formula is C7H12I2O4. The van der Waals surface area contributed by atoms with Crippen molar-refractivity contribution in [1.29, 1.82) is 0 Å². The van der Waals surface area contributed by atoms with Crippen molar-refractivity contribution in [2.24, 2.45) is 0 Å². The maximum absolute atomic E-state index is 9.71. The van der Waals surface area contributed by atoms with E-state index < -0.39 is 18.3 Å². The first-order valence-electron chi connectivity index (χ1n) is 3.92. The van der Waals surface area contributed by atoms with Gasteiger partial charge in [-0.1, -0.05) is 45.2 Å². The Morgan fingerprint density at radius 3 is 2.62 bits per heavy atom. The van der Waals surface area contributed by atoms with E-state index in [4.69, 9.17) is 9.47 Å². The normalized spacial score (nSPS) is 37.4. The van der Waals surface area contributed by atoms with Crippen LogP contribution >= 0.6 is 45.2 Å². The average Bonchev–Trinajstić information content (AvgIpc) is 2.17. The van der Waals surface area contributed by atoms with E-state index in [1.54, 1.807) is 0 Å². The van der Waals surface area contributed by atoms with E-state index in [1.807, 2.05) is 0 Å². The Hall–Kier alpha value is 1.30. The van der Waals surface area contributed by atoms with Gasteiger partial charge in [-0.3, -0.25) is 0 Å². The zero-order valence-corrected chi connectivity index (χ0v) is 11.2. The van der Waals surface area contributed by atoms with Crippen LogP contribution < -0.4 is 0 Å². The van der Waals surface area contributed by atoms with Crippen molar-refractivity contribution >= 4 is 45.2 Å². The fourth-order valence-electron chi connectivity index (χ4n) is 1.18. The van der Waals surface area contributed by atoms with Crippen molar-refractivity contribution in [1.82, 2.24) is 0 Å². The van der Waals surface area contributed by atoms with Gasteiger partial charge in [0.25, 0.3) is 0 Å². The van der Waals surface area contributed by atoms with Gasteiger partial charge in [0.05, 0.1) is 12.2 Å². The summed E-state index contributed by atoms with van der Waals surface area (Å²) >= 11 is 4.20. The molecule has 13 heavy (non-hydrogen) atoms. The minimum Gasteiger partial charge on any atom is -0.390 e. The summed E-state index contributed by atoms with van der Waals surface area (Å²) in [6.07, 6.45) is -2.08. The molecule has 0 saturated carbocycles. The molecule has 0 amide bonds. The predicted octanol–water partition coefficient (Wildman–Crippen LogP) is 0.320. The average molecular weight is 414 g/mol. The third kappa shape index (κ3) is 3.13. The topological polar surface area (TPSA) is 58.9 Å². The quantitative estimate of drug-likeness (QED) is 0.517. The van der Waals surface area contributed by atoms with Gasteiger partial charge in [-0.2, -0.15) is 0 Å². The minimum absolute atomic E-state index is 0.156. The molecule has 6 heteroatoms. The highest BCUT2D eigenvalue weighted by atomic mass is 127. The standard InChI is InChI=1S/C7H12I2O4/c8-1-4(10)7-6(11)5(2-9)12-3-13-7/h4-7,10-11H,1-3H2/t4-,5-,6-,7+/m1/s1. The Balaban J connectivity index is 2.54. The number of halogens is 2. The number of alkyl halides is 2. The molecule has 0 radical (unpaired) electrons. The monoisotopic (exact) mass is 414 g/mol. The summed E-state index contributed by atoms with van der Waals surface area (Å²) in [4.78, 5) is 0. The lowest BCUT2D eigenvalue weighted by molar-refractivity contribution is -0.241. The number of aliphatic hydroxyl groups is 2. The van der Waals surface area contributed by atoms with E-state index in [2.05, 4.69) is 45.2 Å². The molecule has 0 aliphatic carbocycles. The van der Waals surface area contributed by atoms with Gasteiger partial charge in [0.15, 0.2) is 0 Å². The van der Waals surface area contributed by atoms with E-state index in [9.17, 15) is 10.2 Å². The Morgan fingerprint density at radius 2 is 2.08 bits per heavy atom. The van der Waals surface area contributed by atoms with Crippen LogP contribution in [0.2, 0.25) is 0 Å². The van der Waals surface area contributed by atoms with Gasteiger partial charge < -0.3 is 19.7 Å². The van der Waals surface area contributed by atoms with Crippen molar-refractivity contribution in [3.63, 3.8) is 0 Å². The lowest BCUT2D eigenvalue weighted by atomic mass is 10.0. The summed E-state index contributed by atoms with van der Waals surface area (Å²) < 4.78 is 11.6. The summed E-state index contributed by atoms with van der Waals surface area (Å²) in [6.45, 7) is 0.156. The van der Waals surface area contributed by atoms with Gasteiger partial charge in [0.1, 0.15) is 19.0 Å². The highest BCUT2D eigenvalue weighted by Gasteiger charge is 2.36. The van der Waals surface area contributed by atoms with Crippen molar-refractivity contribution < 1.29 is 19.7 Å². The van der Waals surface area contributed by atoms with Crippen LogP contribution in [0, 0.1) is 0 Å². The highest BCUT2D eigenvalue weighted by molar-refractivity contribution is 14.1. The third-order valence-corrected chi connectivity index (χ3v) is 3.72. The van der Waals surface area contributed by atoms with Gasteiger partial charge in [-0.05, 0) is 0 Å². The third-order valence-electron chi connectivity index (χ3n) is 1.95. The summed E-state index contributed by atoms with van der Waals surface area (Å²) in [5, 5.41) is 19.2. The Morgan fingerprint density at radius 1 is 1.38 bits per heavy atom. The van der Waals surface area contributed by atoms with Crippen LogP contribution in [0.5, 0.6) is 0 Å². The highest BCUT2D eigenvalue weighted by Crippen LogP contribution is 2.19. The Labute approximate surface area is 104 Å². The van der Waals surface area contributed by atoms with Gasteiger partial charge in [-0.25, -0.2) is 0 Å². The van der Waals surface area contributed by atoms with E-state index in [0.29, 0.717) is 8.86 Å². The smallest absolute Gasteiger partial charge is 0.147 e. The molecule has 1 saturated heterocycles. The first-order valence-corrected chi connectivity index (χ1v) is 6.97. The van der Waals surface area contributed by atoms with Gasteiger partial charge in [0, 0.05) is 8.86 Å². The second-order valence-corrected chi connectivity index (χ2v) is 4.58. The van der Waals surface area contributed by atoms with Crippen LogP contribution in [0.15, 0.2) is 0 Å². The number of hydrogen-bond acceptors (Lipinski definition) is 4. The molecule has 4 atom stereocenters. The van der Waals surface area contributed by atoms with Crippen LogP contribution in [0.3, 0.4) is 0 Å². The lowest BCUT2D eigenvalue weighted by Crippen LogP contribution is -2.52. The number of hydrogen-bond donors (Lipinski definition) is 2. The second kappa shape index (κ2) is 6.01. The van der Waals surface area contributed by atoms with Crippen LogP contribution in [-0.4, -0.2) is 50.3 Å². The van der Waals surface area contributed by atoms with Crippen molar-refractivity contribution in [2.45, 2.75) is 24.4 Å². The fraction of sp³-hybridized carbons (Fsp3) is 1.00. The molecule has 0 bridgehead atoms. The molecule has 0 aromatic rings. The first-order chi connectivity index (χ1) is 6.20. The molecule has 0 unspecified atom stereocenters. The lowest BCUT2D eigenvalue weighted by Gasteiger charge is -2.35. The molecule has 1 rings (SSSR count). The summed E-state index contributed by atoms with van der Waals surface area (Å²) in [5.41, 5.74) is 0.